The van der Waals surface area contributed by atoms with Crippen molar-refractivity contribution < 1.29 is 28.6 Å². The highest BCUT2D eigenvalue weighted by Crippen LogP contribution is 2.66. The molecule has 4 aliphatic rings. The maximum Gasteiger partial charge on any atom is 0.526 e. The van der Waals surface area contributed by atoms with Crippen LogP contribution in [0.15, 0.2) is 0 Å². The Hall–Kier alpha value is -1.28. The van der Waals surface area contributed by atoms with E-state index in [0.717, 1.165) is 57.8 Å². The van der Waals surface area contributed by atoms with Gasteiger partial charge in [0.1, 0.15) is 0 Å². The van der Waals surface area contributed by atoms with Gasteiger partial charge >= 0.3 is 20.0 Å². The highest BCUT2D eigenvalue weighted by molar-refractivity contribution is 7.64. The van der Waals surface area contributed by atoms with E-state index in [0.29, 0.717) is 25.2 Å². The lowest BCUT2D eigenvalue weighted by atomic mass is 9.69. The molecule has 0 aromatic heterocycles. The Morgan fingerprint density at radius 2 is 1.76 bits per heavy atom. The summed E-state index contributed by atoms with van der Waals surface area (Å²) in [7, 11) is -2.85. The molecule has 0 aromatic carbocycles. The molecule has 0 aromatic rings. The van der Waals surface area contributed by atoms with Gasteiger partial charge < -0.3 is 0 Å². The van der Waals surface area contributed by atoms with Crippen molar-refractivity contribution in [2.75, 3.05) is 0 Å². The monoisotopic (exact) mass is 428 g/mol. The number of hydroxylamine groups is 1. The van der Waals surface area contributed by atoms with Crippen molar-refractivity contribution in [3.8, 4) is 0 Å². The predicted octanol–water partition coefficient (Wildman–Crippen LogP) is 2.51. The number of rotatable bonds is 7. The van der Waals surface area contributed by atoms with Crippen LogP contribution in [0.1, 0.15) is 77.0 Å². The Labute approximate surface area is 171 Å². The molecular weight excluding hydrogens is 397 g/mol. The SMILES string of the molecule is O=C(CCCCCCC1CCC2N[P+]3(NC2C1)OC(=O)C1(CCC1)C(=O)O3)NO. The highest BCUT2D eigenvalue weighted by Gasteiger charge is 2.71. The Morgan fingerprint density at radius 3 is 2.41 bits per heavy atom. The van der Waals surface area contributed by atoms with Crippen LogP contribution >= 0.6 is 8.02 Å². The Morgan fingerprint density at radius 1 is 1.07 bits per heavy atom. The first kappa shape index (κ1) is 21.0. The largest absolute Gasteiger partial charge is 0.526 e. The molecule has 2 aliphatic carbocycles. The third-order valence-electron chi connectivity index (χ3n) is 6.93. The first-order valence-corrected chi connectivity index (χ1v) is 12.4. The van der Waals surface area contributed by atoms with Crippen LogP contribution in [-0.2, 0) is 23.4 Å². The fraction of sp³-hybridized carbons (Fsp3) is 0.842. The van der Waals surface area contributed by atoms with E-state index >= 15 is 0 Å². The zero-order chi connectivity index (χ0) is 20.5. The second kappa shape index (κ2) is 8.46. The average Bonchev–Trinajstić information content (AvgIpc) is 2.98. The number of hydrogen-bond acceptors (Lipinski definition) is 8. The predicted molar refractivity (Wildman–Crippen MR) is 104 cm³/mol. The fourth-order valence-corrected chi connectivity index (χ4v) is 7.58. The van der Waals surface area contributed by atoms with E-state index in [1.54, 1.807) is 5.48 Å². The van der Waals surface area contributed by atoms with Gasteiger partial charge in [0, 0.05) is 6.42 Å². The lowest BCUT2D eigenvalue weighted by molar-refractivity contribution is -0.174. The van der Waals surface area contributed by atoms with Crippen LogP contribution < -0.4 is 15.7 Å². The van der Waals surface area contributed by atoms with Crippen LogP contribution in [0.4, 0.5) is 0 Å². The summed E-state index contributed by atoms with van der Waals surface area (Å²) in [5.41, 5.74) is 0.619. The first-order valence-electron chi connectivity index (χ1n) is 10.8. The molecule has 162 valence electrons. The molecule has 2 saturated carbocycles. The first-order chi connectivity index (χ1) is 14.0. The van der Waals surface area contributed by atoms with Crippen molar-refractivity contribution >= 4 is 25.9 Å². The number of carbonyl (C=O) groups excluding carboxylic acids is 3. The van der Waals surface area contributed by atoms with E-state index in [-0.39, 0.29) is 18.0 Å². The fourth-order valence-electron chi connectivity index (χ4n) is 4.97. The quantitative estimate of drug-likeness (QED) is 0.160. The summed E-state index contributed by atoms with van der Waals surface area (Å²) >= 11 is 0. The van der Waals surface area contributed by atoms with Gasteiger partial charge in [-0.25, -0.2) is 24.1 Å². The van der Waals surface area contributed by atoms with E-state index in [4.69, 9.17) is 14.3 Å². The molecule has 2 spiro atoms. The van der Waals surface area contributed by atoms with Gasteiger partial charge in [0.25, 0.3) is 0 Å². The summed E-state index contributed by atoms with van der Waals surface area (Å²) in [5, 5.41) is 15.2. The van der Waals surface area contributed by atoms with Crippen LogP contribution in [0, 0.1) is 11.3 Å². The summed E-state index contributed by atoms with van der Waals surface area (Å²) < 4.78 is 11.4. The van der Waals surface area contributed by atoms with E-state index in [1.165, 1.54) is 0 Å². The van der Waals surface area contributed by atoms with Gasteiger partial charge in [0.05, 0.1) is 12.1 Å². The van der Waals surface area contributed by atoms with Gasteiger partial charge in [-0.05, 0) is 50.9 Å². The van der Waals surface area contributed by atoms with Crippen LogP contribution in [0.2, 0.25) is 0 Å². The lowest BCUT2D eigenvalue weighted by Crippen LogP contribution is -2.52. The van der Waals surface area contributed by atoms with Gasteiger partial charge in [-0.1, -0.05) is 25.7 Å². The number of carbonyl (C=O) groups is 3. The van der Waals surface area contributed by atoms with Gasteiger partial charge in [-0.2, -0.15) is 0 Å². The highest BCUT2D eigenvalue weighted by atomic mass is 31.2. The van der Waals surface area contributed by atoms with Gasteiger partial charge in [0.15, 0.2) is 5.41 Å². The number of fused-ring (bicyclic) bond motifs is 1. The number of amides is 1. The smallest absolute Gasteiger partial charge is 0.289 e. The summed E-state index contributed by atoms with van der Waals surface area (Å²) in [6, 6.07) is 0.332. The average molecular weight is 428 g/mol. The number of nitrogens with one attached hydrogen (secondary N) is 3. The van der Waals surface area contributed by atoms with E-state index in [1.807, 2.05) is 0 Å². The second-order valence-electron chi connectivity index (χ2n) is 8.88. The van der Waals surface area contributed by atoms with Crippen LogP contribution in [0.5, 0.6) is 0 Å². The molecule has 10 heteroatoms. The lowest BCUT2D eigenvalue weighted by Gasteiger charge is -2.39. The zero-order valence-corrected chi connectivity index (χ0v) is 17.5. The van der Waals surface area contributed by atoms with E-state index in [9.17, 15) is 14.4 Å². The van der Waals surface area contributed by atoms with Crippen molar-refractivity contribution in [2.45, 2.75) is 89.1 Å². The molecule has 3 atom stereocenters. The third-order valence-corrected chi connectivity index (χ3v) is 9.12. The van der Waals surface area contributed by atoms with Gasteiger partial charge in [0.2, 0.25) is 5.91 Å². The molecule has 2 aliphatic heterocycles. The Kier molecular flexibility index (Phi) is 6.11. The summed E-state index contributed by atoms with van der Waals surface area (Å²) in [4.78, 5) is 36.0. The third kappa shape index (κ3) is 4.15. The molecule has 4 fully saturated rings. The van der Waals surface area contributed by atoms with Crippen LogP contribution in [-0.4, -0.2) is 35.1 Å². The normalized spacial score (nSPS) is 31.7. The molecule has 4 N–H and O–H groups in total. The van der Waals surface area contributed by atoms with Crippen molar-refractivity contribution in [3.05, 3.63) is 0 Å². The molecule has 0 radical (unpaired) electrons. The van der Waals surface area contributed by atoms with Gasteiger partial charge in [-0.15, -0.1) is 10.2 Å². The molecule has 9 nitrogen and oxygen atoms in total. The maximum atomic E-state index is 12.5. The maximum absolute atomic E-state index is 12.5. The summed E-state index contributed by atoms with van der Waals surface area (Å²) in [5.74, 6) is -0.567. The molecule has 1 amide bonds. The number of unbranched alkanes of at least 4 members (excludes halogenated alkanes) is 3. The van der Waals surface area contributed by atoms with Crippen LogP contribution in [0.3, 0.4) is 0 Å². The van der Waals surface area contributed by atoms with E-state index in [2.05, 4.69) is 10.2 Å². The molecule has 3 unspecified atom stereocenters. The molecule has 0 bridgehead atoms. The number of hydrogen-bond donors (Lipinski definition) is 4. The van der Waals surface area contributed by atoms with Crippen LogP contribution in [0.25, 0.3) is 0 Å². The van der Waals surface area contributed by atoms with Crippen molar-refractivity contribution in [3.63, 3.8) is 0 Å². The molecule has 2 saturated heterocycles. The van der Waals surface area contributed by atoms with E-state index < -0.39 is 25.4 Å². The Balaban J connectivity index is 1.21. The molecule has 2 heterocycles. The van der Waals surface area contributed by atoms with Crippen molar-refractivity contribution in [1.29, 1.82) is 0 Å². The molecular formula is C19H31N3O6P+. The minimum Gasteiger partial charge on any atom is -0.289 e. The zero-order valence-electron chi connectivity index (χ0n) is 16.7. The summed E-state index contributed by atoms with van der Waals surface area (Å²) in [6.07, 6.45) is 10.4. The second-order valence-corrected chi connectivity index (χ2v) is 10.9. The summed E-state index contributed by atoms with van der Waals surface area (Å²) in [6.45, 7) is 0. The minimum atomic E-state index is -2.85. The molecule has 4 rings (SSSR count). The molecule has 29 heavy (non-hydrogen) atoms. The van der Waals surface area contributed by atoms with Gasteiger partial charge in [-0.3, -0.25) is 10.0 Å². The van der Waals surface area contributed by atoms with Crippen molar-refractivity contribution in [2.24, 2.45) is 11.3 Å². The van der Waals surface area contributed by atoms with Crippen molar-refractivity contribution in [1.82, 2.24) is 15.7 Å². The minimum absolute atomic E-state index is 0.159. The standard InChI is InChI=1S/C19H30N3O6P/c23-16(20-26)7-4-2-1-3-6-13-8-9-14-15(12-13)22-29(21-14)27-17(24)19(10-5-11-19)18(25)28-29/h13-15,21-22H,1-12H2,(H-,20,23,26)/p+1. The topological polar surface area (TPSA) is 126 Å². The Bertz CT molecular complexity index is 650.